The van der Waals surface area contributed by atoms with Gasteiger partial charge in [0.05, 0.1) is 11.6 Å². The van der Waals surface area contributed by atoms with Crippen LogP contribution >= 0.6 is 0 Å². The Morgan fingerprint density at radius 1 is 1.10 bits per heavy atom. The molecule has 0 heterocycles. The van der Waals surface area contributed by atoms with Gasteiger partial charge in [0.25, 0.3) is 0 Å². The molecule has 0 unspecified atom stereocenters. The summed E-state index contributed by atoms with van der Waals surface area (Å²) in [7, 11) is 0. The molecule has 2 aromatic carbocycles. The highest BCUT2D eigenvalue weighted by molar-refractivity contribution is 5.71. The monoisotopic (exact) mass is 385 g/mol. The molecule has 0 aliphatic rings. The second kappa shape index (κ2) is 10.4. The molecule has 0 saturated heterocycles. The fourth-order valence-corrected chi connectivity index (χ4v) is 3.38. The van der Waals surface area contributed by atoms with E-state index in [1.54, 1.807) is 12.1 Å². The van der Waals surface area contributed by atoms with E-state index in [0.29, 0.717) is 16.7 Å². The number of benzene rings is 2. The van der Waals surface area contributed by atoms with Crippen molar-refractivity contribution in [3.63, 3.8) is 0 Å². The first kappa shape index (κ1) is 22.1. The van der Waals surface area contributed by atoms with Crippen LogP contribution in [0.4, 0.5) is 4.39 Å². The molecule has 0 N–H and O–H groups in total. The van der Waals surface area contributed by atoms with E-state index in [1.807, 2.05) is 26.0 Å². The Balaban J connectivity index is 2.15. The van der Waals surface area contributed by atoms with Gasteiger partial charge >= 0.3 is 0 Å². The number of hydrogen-bond acceptors (Lipinski definition) is 1. The van der Waals surface area contributed by atoms with E-state index in [-0.39, 0.29) is 5.82 Å². The largest absolute Gasteiger partial charge is 0.206 e. The summed E-state index contributed by atoms with van der Waals surface area (Å²) in [4.78, 5) is 0. The van der Waals surface area contributed by atoms with Gasteiger partial charge in [0, 0.05) is 5.56 Å². The summed E-state index contributed by atoms with van der Waals surface area (Å²) in [5.41, 5.74) is 6.90. The third-order valence-electron chi connectivity index (χ3n) is 4.90. The Hall–Kier alpha value is -3.18. The average molecular weight is 386 g/mol. The van der Waals surface area contributed by atoms with Crippen LogP contribution in [0.3, 0.4) is 0 Å². The lowest BCUT2D eigenvalue weighted by molar-refractivity contribution is 0.623. The van der Waals surface area contributed by atoms with Gasteiger partial charge in [-0.2, -0.15) is 5.26 Å². The van der Waals surface area contributed by atoms with Gasteiger partial charge in [-0.25, -0.2) is 4.39 Å². The molecule has 0 bridgehead atoms. The Morgan fingerprint density at radius 2 is 1.83 bits per heavy atom. The van der Waals surface area contributed by atoms with Gasteiger partial charge in [0.1, 0.15) is 5.82 Å². The second-order valence-corrected chi connectivity index (χ2v) is 7.43. The highest BCUT2D eigenvalue weighted by Crippen LogP contribution is 2.25. The molecule has 0 fully saturated rings. The Morgan fingerprint density at radius 3 is 2.48 bits per heavy atom. The smallest absolute Gasteiger partial charge is 0.132 e. The minimum Gasteiger partial charge on any atom is -0.206 e. The van der Waals surface area contributed by atoms with Crippen molar-refractivity contribution in [2.45, 2.75) is 40.0 Å². The van der Waals surface area contributed by atoms with Crippen LogP contribution in [0.25, 0.3) is 5.57 Å². The predicted octanol–water partition coefficient (Wildman–Crippen LogP) is 7.49. The van der Waals surface area contributed by atoms with Crippen LogP contribution in [0.2, 0.25) is 0 Å². The lowest BCUT2D eigenvalue weighted by atomic mass is 9.94. The van der Waals surface area contributed by atoms with Crippen LogP contribution in [0.1, 0.15) is 48.9 Å². The van der Waals surface area contributed by atoms with Crippen LogP contribution in [-0.2, 0) is 6.42 Å². The number of rotatable bonds is 8. The molecule has 0 radical (unpaired) electrons. The molecule has 29 heavy (non-hydrogen) atoms. The van der Waals surface area contributed by atoms with Crippen LogP contribution in [0.5, 0.6) is 0 Å². The fraction of sp³-hybridized carbons (Fsp3) is 0.222. The van der Waals surface area contributed by atoms with Crippen molar-refractivity contribution in [1.82, 2.24) is 0 Å². The summed E-state index contributed by atoms with van der Waals surface area (Å²) in [6, 6.07) is 15.2. The zero-order chi connectivity index (χ0) is 21.4. The summed E-state index contributed by atoms with van der Waals surface area (Å²) in [5, 5.41) is 9.27. The van der Waals surface area contributed by atoms with Crippen molar-refractivity contribution < 1.29 is 4.39 Å². The molecule has 2 heteroatoms. The van der Waals surface area contributed by atoms with Crippen LogP contribution < -0.4 is 0 Å². The molecule has 0 saturated carbocycles. The van der Waals surface area contributed by atoms with E-state index >= 15 is 0 Å². The number of halogens is 1. The minimum absolute atomic E-state index is 0.334. The average Bonchev–Trinajstić information content (AvgIpc) is 2.67. The number of aryl methyl sites for hydroxylation is 2. The number of hydrogen-bond donors (Lipinski definition) is 0. The lowest BCUT2D eigenvalue weighted by Crippen LogP contribution is -1.94. The Kier molecular flexibility index (Phi) is 7.92. The van der Waals surface area contributed by atoms with E-state index in [1.165, 1.54) is 17.2 Å². The first-order chi connectivity index (χ1) is 13.8. The third kappa shape index (κ3) is 6.16. The summed E-state index contributed by atoms with van der Waals surface area (Å²) in [6.45, 7) is 14.2. The molecule has 0 aromatic heterocycles. The summed E-state index contributed by atoms with van der Waals surface area (Å²) >= 11 is 0. The van der Waals surface area contributed by atoms with Gasteiger partial charge in [0.2, 0.25) is 0 Å². The molecule has 148 valence electrons. The van der Waals surface area contributed by atoms with Crippen molar-refractivity contribution in [3.05, 3.63) is 113 Å². The van der Waals surface area contributed by atoms with E-state index in [9.17, 15) is 9.65 Å². The van der Waals surface area contributed by atoms with Gasteiger partial charge in [-0.15, -0.1) is 0 Å². The van der Waals surface area contributed by atoms with Crippen molar-refractivity contribution in [2.24, 2.45) is 0 Å². The van der Waals surface area contributed by atoms with Gasteiger partial charge in [-0.3, -0.25) is 0 Å². The SMILES string of the molecule is C=C(C)/C(=C/C=C(\C)c1c(F)cccc1C#N)C(=C)CCCc1cccc(C)c1. The topological polar surface area (TPSA) is 23.8 Å². The molecule has 2 rings (SSSR count). The quantitative estimate of drug-likeness (QED) is 0.432. The maximum absolute atomic E-state index is 14.2. The van der Waals surface area contributed by atoms with Gasteiger partial charge in [-0.05, 0) is 74.4 Å². The van der Waals surface area contributed by atoms with Gasteiger partial charge in [0.15, 0.2) is 0 Å². The van der Waals surface area contributed by atoms with Crippen LogP contribution in [-0.4, -0.2) is 0 Å². The highest BCUT2D eigenvalue weighted by Gasteiger charge is 2.10. The number of nitriles is 1. The maximum Gasteiger partial charge on any atom is 0.132 e. The number of allylic oxidation sites excluding steroid dienone is 6. The molecule has 0 aliphatic heterocycles. The molecule has 1 nitrogen and oxygen atoms in total. The van der Waals surface area contributed by atoms with Crippen molar-refractivity contribution in [1.29, 1.82) is 5.26 Å². The first-order valence-electron chi connectivity index (χ1n) is 9.80. The van der Waals surface area contributed by atoms with E-state index in [2.05, 4.69) is 50.4 Å². The zero-order valence-electron chi connectivity index (χ0n) is 17.6. The molecule has 0 aliphatic carbocycles. The second-order valence-electron chi connectivity index (χ2n) is 7.43. The first-order valence-corrected chi connectivity index (χ1v) is 9.80. The highest BCUT2D eigenvalue weighted by atomic mass is 19.1. The normalized spacial score (nSPS) is 11.8. The molecular formula is C27H28FN. The molecule has 0 amide bonds. The van der Waals surface area contributed by atoms with Crippen LogP contribution in [0.15, 0.2) is 84.5 Å². The maximum atomic E-state index is 14.2. The summed E-state index contributed by atoms with van der Waals surface area (Å²) in [6.07, 6.45) is 6.64. The fourth-order valence-electron chi connectivity index (χ4n) is 3.38. The van der Waals surface area contributed by atoms with Crippen molar-refractivity contribution >= 4 is 5.57 Å². The summed E-state index contributed by atoms with van der Waals surface area (Å²) < 4.78 is 14.2. The molecule has 0 atom stereocenters. The molecule has 0 spiro atoms. The Labute approximate surface area is 174 Å². The number of nitrogens with zero attached hydrogens (tertiary/aromatic N) is 1. The van der Waals surface area contributed by atoms with Crippen molar-refractivity contribution in [2.75, 3.05) is 0 Å². The van der Waals surface area contributed by atoms with E-state index in [0.717, 1.165) is 36.0 Å². The zero-order valence-corrected chi connectivity index (χ0v) is 17.6. The predicted molar refractivity (Wildman–Crippen MR) is 121 cm³/mol. The van der Waals surface area contributed by atoms with Gasteiger partial charge in [-0.1, -0.05) is 66.8 Å². The lowest BCUT2D eigenvalue weighted by Gasteiger charge is -2.11. The standard InChI is InChI=1S/C27H28FN/c1-19(2)25(21(4)10-7-12-23-11-6-9-20(3)17-23)16-15-22(5)27-24(18-29)13-8-14-26(27)28/h6,8-9,11,13-17H,1,4,7,10,12H2,2-3,5H3/b22-15+,25-16-. The molecule has 2 aromatic rings. The van der Waals surface area contributed by atoms with E-state index in [4.69, 9.17) is 0 Å². The minimum atomic E-state index is -0.389. The summed E-state index contributed by atoms with van der Waals surface area (Å²) in [5.74, 6) is -0.389. The molecular weight excluding hydrogens is 357 g/mol. The Bertz CT molecular complexity index is 1020. The van der Waals surface area contributed by atoms with Gasteiger partial charge < -0.3 is 0 Å². The van der Waals surface area contributed by atoms with Crippen LogP contribution in [0, 0.1) is 24.1 Å². The van der Waals surface area contributed by atoms with E-state index < -0.39 is 0 Å². The van der Waals surface area contributed by atoms with Crippen molar-refractivity contribution in [3.8, 4) is 6.07 Å². The third-order valence-corrected chi connectivity index (χ3v) is 4.90.